The first kappa shape index (κ1) is 20.0. The molecule has 0 N–H and O–H groups in total. The Kier molecular flexibility index (Phi) is 14.0. The highest BCUT2D eigenvalue weighted by atomic mass is 35.5. The van der Waals surface area contributed by atoms with Gasteiger partial charge in [0.2, 0.25) is 0 Å². The summed E-state index contributed by atoms with van der Waals surface area (Å²) in [6.07, 6.45) is 9.68. The standard InChI is InChI=1S/C15H26Cl2O2Si/c1-13(2)14(18)19-11-9-7-5-3-4-6-8-10-12-20-15(16)17/h15H,1,3-12H2,2H3. The average Bonchev–Trinajstić information content (AvgIpc) is 2.39. The van der Waals surface area contributed by atoms with E-state index in [0.717, 1.165) is 18.9 Å². The van der Waals surface area contributed by atoms with Gasteiger partial charge in [-0.3, -0.25) is 0 Å². The van der Waals surface area contributed by atoms with E-state index in [4.69, 9.17) is 27.9 Å². The van der Waals surface area contributed by atoms with Crippen LogP contribution in [0.25, 0.3) is 0 Å². The lowest BCUT2D eigenvalue weighted by Gasteiger charge is -2.04. The van der Waals surface area contributed by atoms with Crippen LogP contribution in [0, 0.1) is 0 Å². The molecule has 2 radical (unpaired) electrons. The third kappa shape index (κ3) is 14.4. The molecule has 0 aromatic heterocycles. The molecule has 0 saturated heterocycles. The number of carbonyl (C=O) groups is 1. The lowest BCUT2D eigenvalue weighted by molar-refractivity contribution is -0.139. The summed E-state index contributed by atoms with van der Waals surface area (Å²) in [6, 6.07) is 1.16. The number of esters is 1. The van der Waals surface area contributed by atoms with E-state index in [1.165, 1.54) is 38.5 Å². The molecule has 116 valence electrons. The molecule has 0 spiro atoms. The van der Waals surface area contributed by atoms with Crippen LogP contribution in [0.2, 0.25) is 6.04 Å². The highest BCUT2D eigenvalue weighted by Gasteiger charge is 2.02. The van der Waals surface area contributed by atoms with Gasteiger partial charge in [-0.25, -0.2) is 4.79 Å². The number of rotatable bonds is 13. The molecule has 2 nitrogen and oxygen atoms in total. The third-order valence-electron chi connectivity index (χ3n) is 2.95. The Bertz CT molecular complexity index is 271. The van der Waals surface area contributed by atoms with Gasteiger partial charge < -0.3 is 4.74 Å². The average molecular weight is 337 g/mol. The van der Waals surface area contributed by atoms with Crippen LogP contribution in [0.1, 0.15) is 58.3 Å². The fourth-order valence-corrected chi connectivity index (χ4v) is 3.11. The van der Waals surface area contributed by atoms with Crippen molar-refractivity contribution < 1.29 is 9.53 Å². The van der Waals surface area contributed by atoms with Crippen molar-refractivity contribution in [3.05, 3.63) is 12.2 Å². The van der Waals surface area contributed by atoms with Crippen LogP contribution in [0.5, 0.6) is 0 Å². The normalized spacial score (nSPS) is 10.8. The van der Waals surface area contributed by atoms with Gasteiger partial charge in [0.15, 0.2) is 0 Å². The van der Waals surface area contributed by atoms with Crippen LogP contribution in [0.15, 0.2) is 12.2 Å². The zero-order valence-electron chi connectivity index (χ0n) is 12.4. The first-order chi connectivity index (χ1) is 9.54. The summed E-state index contributed by atoms with van der Waals surface area (Å²) in [4.78, 5) is 11.1. The van der Waals surface area contributed by atoms with E-state index >= 15 is 0 Å². The lowest BCUT2D eigenvalue weighted by atomic mass is 10.1. The maximum absolute atomic E-state index is 11.1. The summed E-state index contributed by atoms with van der Waals surface area (Å²) in [6.45, 7) is 5.73. The van der Waals surface area contributed by atoms with Gasteiger partial charge in [-0.05, 0) is 13.3 Å². The van der Waals surface area contributed by atoms with Gasteiger partial charge in [0.25, 0.3) is 0 Å². The Morgan fingerprint density at radius 2 is 1.55 bits per heavy atom. The highest BCUT2D eigenvalue weighted by molar-refractivity contribution is 6.68. The number of hydrogen-bond acceptors (Lipinski definition) is 2. The second kappa shape index (κ2) is 14.0. The minimum absolute atomic E-state index is 0.172. The lowest BCUT2D eigenvalue weighted by Crippen LogP contribution is -2.05. The van der Waals surface area contributed by atoms with Crippen LogP contribution < -0.4 is 0 Å². The van der Waals surface area contributed by atoms with Crippen LogP contribution >= 0.6 is 23.2 Å². The van der Waals surface area contributed by atoms with Gasteiger partial charge in [-0.2, -0.15) is 0 Å². The maximum Gasteiger partial charge on any atom is 0.333 e. The highest BCUT2D eigenvalue weighted by Crippen LogP contribution is 2.11. The van der Waals surface area contributed by atoms with Crippen LogP contribution in [-0.4, -0.2) is 26.6 Å². The largest absolute Gasteiger partial charge is 0.462 e. The number of hydrogen-bond donors (Lipinski definition) is 0. The summed E-state index contributed by atoms with van der Waals surface area (Å²) >= 11 is 11.4. The van der Waals surface area contributed by atoms with Gasteiger partial charge in [0, 0.05) is 5.57 Å². The molecular formula is C15H26Cl2O2Si. The zero-order chi connectivity index (χ0) is 15.2. The van der Waals surface area contributed by atoms with Crippen molar-refractivity contribution in [2.24, 2.45) is 0 Å². The summed E-state index contributed by atoms with van der Waals surface area (Å²) in [5.74, 6) is -0.276. The molecule has 0 unspecified atom stereocenters. The molecular weight excluding hydrogens is 311 g/mol. The fraction of sp³-hybridized carbons (Fsp3) is 0.800. The summed E-state index contributed by atoms with van der Waals surface area (Å²) in [5, 5.41) is 0. The van der Waals surface area contributed by atoms with Crippen molar-refractivity contribution in [3.63, 3.8) is 0 Å². The second-order valence-corrected chi connectivity index (χ2v) is 8.31. The predicted octanol–water partition coefficient (Wildman–Crippen LogP) is 5.11. The first-order valence-corrected chi connectivity index (χ1v) is 9.54. The van der Waals surface area contributed by atoms with E-state index in [-0.39, 0.29) is 10.4 Å². The van der Waals surface area contributed by atoms with Crippen molar-refractivity contribution in [1.82, 2.24) is 0 Å². The monoisotopic (exact) mass is 336 g/mol. The van der Waals surface area contributed by atoms with Gasteiger partial charge in [-0.15, -0.1) is 23.2 Å². The number of unbranched alkanes of at least 4 members (excludes halogenated alkanes) is 7. The molecule has 0 bridgehead atoms. The van der Waals surface area contributed by atoms with Crippen molar-refractivity contribution in [2.45, 2.75) is 68.8 Å². The first-order valence-electron chi connectivity index (χ1n) is 7.38. The molecule has 20 heavy (non-hydrogen) atoms. The van der Waals surface area contributed by atoms with Gasteiger partial charge in [0.05, 0.1) is 20.6 Å². The summed E-state index contributed by atoms with van der Waals surface area (Å²) in [7, 11) is 0.680. The Hall–Kier alpha value is 0.00688. The Labute approximate surface area is 136 Å². The topological polar surface area (TPSA) is 26.3 Å². The molecule has 0 heterocycles. The van der Waals surface area contributed by atoms with E-state index in [1.54, 1.807) is 6.92 Å². The molecule has 0 rings (SSSR count). The van der Waals surface area contributed by atoms with Crippen LogP contribution in [0.4, 0.5) is 0 Å². The van der Waals surface area contributed by atoms with E-state index in [9.17, 15) is 4.79 Å². The molecule has 0 fully saturated rings. The quantitative estimate of drug-likeness (QED) is 0.153. The molecule has 0 aromatic carbocycles. The maximum atomic E-state index is 11.1. The van der Waals surface area contributed by atoms with Gasteiger partial charge in [0.1, 0.15) is 0 Å². The number of alkyl halides is 2. The van der Waals surface area contributed by atoms with Gasteiger partial charge >= 0.3 is 5.97 Å². The second-order valence-electron chi connectivity index (χ2n) is 5.00. The zero-order valence-corrected chi connectivity index (χ0v) is 14.9. The van der Waals surface area contributed by atoms with Gasteiger partial charge in [-0.1, -0.05) is 57.6 Å². The number of carbonyl (C=O) groups excluding carboxylic acids is 1. The Morgan fingerprint density at radius 1 is 1.05 bits per heavy atom. The van der Waals surface area contributed by atoms with Crippen LogP contribution in [0.3, 0.4) is 0 Å². The van der Waals surface area contributed by atoms with E-state index in [1.807, 2.05) is 0 Å². The Balaban J connectivity index is 3.10. The van der Waals surface area contributed by atoms with Crippen molar-refractivity contribution in [2.75, 3.05) is 6.61 Å². The predicted molar refractivity (Wildman–Crippen MR) is 88.8 cm³/mol. The molecule has 0 aliphatic heterocycles. The summed E-state index contributed by atoms with van der Waals surface area (Å²) in [5.41, 5.74) is 0.472. The summed E-state index contributed by atoms with van der Waals surface area (Å²) < 4.78 is 4.86. The van der Waals surface area contributed by atoms with Crippen LogP contribution in [-0.2, 0) is 9.53 Å². The third-order valence-corrected chi connectivity index (χ3v) is 4.83. The van der Waals surface area contributed by atoms with Crippen molar-refractivity contribution in [3.8, 4) is 0 Å². The molecule has 0 aromatic rings. The molecule has 5 heteroatoms. The van der Waals surface area contributed by atoms with Crippen molar-refractivity contribution in [1.29, 1.82) is 0 Å². The minimum atomic E-state index is -0.276. The van der Waals surface area contributed by atoms with E-state index in [2.05, 4.69) is 6.58 Å². The molecule has 0 amide bonds. The Morgan fingerprint density at radius 3 is 2.05 bits per heavy atom. The molecule has 0 atom stereocenters. The van der Waals surface area contributed by atoms with Crippen molar-refractivity contribution >= 4 is 38.7 Å². The van der Waals surface area contributed by atoms with E-state index in [0.29, 0.717) is 21.7 Å². The number of ether oxygens (including phenoxy) is 1. The smallest absolute Gasteiger partial charge is 0.333 e. The number of halogens is 2. The fourth-order valence-electron chi connectivity index (χ4n) is 1.79. The van der Waals surface area contributed by atoms with E-state index < -0.39 is 0 Å². The molecule has 0 aliphatic rings. The SMILES string of the molecule is C=C(C)C(=O)OCCCCCCCCCC[Si]C(Cl)Cl. The molecule has 0 aliphatic carbocycles. The minimum Gasteiger partial charge on any atom is -0.462 e. The molecule has 0 saturated carbocycles.